The van der Waals surface area contributed by atoms with E-state index in [9.17, 15) is 4.79 Å². The average molecular weight is 347 g/mol. The first kappa shape index (κ1) is 18.1. The van der Waals surface area contributed by atoms with Gasteiger partial charge in [-0.25, -0.2) is 0 Å². The lowest BCUT2D eigenvalue weighted by Crippen LogP contribution is -2.46. The van der Waals surface area contributed by atoms with Crippen molar-refractivity contribution < 1.29 is 4.79 Å². The minimum absolute atomic E-state index is 0.0304. The average Bonchev–Trinajstić information content (AvgIpc) is 2.67. The Bertz CT molecular complexity index is 877. The van der Waals surface area contributed by atoms with Crippen LogP contribution in [0.2, 0.25) is 0 Å². The molecule has 1 aromatic heterocycles. The number of amides is 1. The third kappa shape index (κ3) is 4.27. The number of hydrogen-bond donors (Lipinski definition) is 1. The molecule has 0 aliphatic carbocycles. The number of rotatable bonds is 6. The van der Waals surface area contributed by atoms with Crippen molar-refractivity contribution in [1.29, 1.82) is 0 Å². The van der Waals surface area contributed by atoms with E-state index in [4.69, 9.17) is 4.98 Å². The van der Waals surface area contributed by atoms with Gasteiger partial charge in [-0.05, 0) is 31.0 Å². The fourth-order valence-corrected chi connectivity index (χ4v) is 3.09. The molecule has 134 valence electrons. The van der Waals surface area contributed by atoms with Gasteiger partial charge >= 0.3 is 0 Å². The number of para-hydroxylation sites is 1. The molecule has 3 aromatic rings. The summed E-state index contributed by atoms with van der Waals surface area (Å²) in [7, 11) is 3.59. The molecule has 0 saturated carbocycles. The van der Waals surface area contributed by atoms with Crippen molar-refractivity contribution in [2.45, 2.75) is 25.4 Å². The highest BCUT2D eigenvalue weighted by Crippen LogP contribution is 2.18. The Hall–Kier alpha value is -2.72. The molecule has 0 aliphatic rings. The van der Waals surface area contributed by atoms with Crippen molar-refractivity contribution in [1.82, 2.24) is 15.2 Å². The molecule has 2 aromatic carbocycles. The van der Waals surface area contributed by atoms with Gasteiger partial charge in [0, 0.05) is 25.5 Å². The van der Waals surface area contributed by atoms with Gasteiger partial charge in [-0.1, -0.05) is 54.6 Å². The Kier molecular flexibility index (Phi) is 5.64. The van der Waals surface area contributed by atoms with E-state index in [-0.39, 0.29) is 18.0 Å². The Morgan fingerprint density at radius 1 is 1.00 bits per heavy atom. The lowest BCUT2D eigenvalue weighted by molar-refractivity contribution is -0.131. The van der Waals surface area contributed by atoms with Crippen LogP contribution in [0.4, 0.5) is 0 Å². The molecule has 2 atom stereocenters. The van der Waals surface area contributed by atoms with E-state index in [1.54, 1.807) is 19.0 Å². The molecular formula is C22H25N3O. The number of carbonyl (C=O) groups is 1. The number of likely N-dealkylation sites (N-methyl/N-ethyl adjacent to an activating group) is 1. The summed E-state index contributed by atoms with van der Waals surface area (Å²) >= 11 is 0. The van der Waals surface area contributed by atoms with Crippen LogP contribution in [0.15, 0.2) is 66.7 Å². The number of hydrogen-bond acceptors (Lipinski definition) is 3. The third-order valence-corrected chi connectivity index (χ3v) is 4.54. The van der Waals surface area contributed by atoms with Gasteiger partial charge in [0.25, 0.3) is 0 Å². The summed E-state index contributed by atoms with van der Waals surface area (Å²) in [5, 5.41) is 4.59. The zero-order chi connectivity index (χ0) is 18.5. The van der Waals surface area contributed by atoms with Crippen molar-refractivity contribution in [2.24, 2.45) is 0 Å². The minimum atomic E-state index is -0.296. The molecule has 1 heterocycles. The maximum Gasteiger partial charge on any atom is 0.239 e. The second-order valence-corrected chi connectivity index (χ2v) is 6.79. The normalized spacial score (nSPS) is 13.3. The highest BCUT2D eigenvalue weighted by atomic mass is 16.2. The van der Waals surface area contributed by atoms with Crippen LogP contribution in [0, 0.1) is 0 Å². The van der Waals surface area contributed by atoms with Gasteiger partial charge in [0.15, 0.2) is 0 Å². The smallest absolute Gasteiger partial charge is 0.239 e. The summed E-state index contributed by atoms with van der Waals surface area (Å²) in [5.74, 6) is 0.0708. The lowest BCUT2D eigenvalue weighted by atomic mass is 10.0. The van der Waals surface area contributed by atoms with E-state index in [0.717, 1.165) is 22.2 Å². The van der Waals surface area contributed by atoms with E-state index >= 15 is 0 Å². The van der Waals surface area contributed by atoms with Gasteiger partial charge < -0.3 is 4.90 Å². The van der Waals surface area contributed by atoms with Crippen molar-refractivity contribution >= 4 is 16.8 Å². The lowest BCUT2D eigenvalue weighted by Gasteiger charge is -2.25. The van der Waals surface area contributed by atoms with Gasteiger partial charge in [-0.15, -0.1) is 0 Å². The van der Waals surface area contributed by atoms with Gasteiger partial charge in [-0.3, -0.25) is 15.1 Å². The van der Waals surface area contributed by atoms with Crippen molar-refractivity contribution in [2.75, 3.05) is 14.1 Å². The molecule has 0 fully saturated rings. The van der Waals surface area contributed by atoms with Gasteiger partial charge in [-0.2, -0.15) is 0 Å². The summed E-state index contributed by atoms with van der Waals surface area (Å²) in [4.78, 5) is 19.1. The van der Waals surface area contributed by atoms with Gasteiger partial charge in [0.05, 0.1) is 17.3 Å². The third-order valence-electron chi connectivity index (χ3n) is 4.54. The Morgan fingerprint density at radius 2 is 1.69 bits per heavy atom. The van der Waals surface area contributed by atoms with Crippen molar-refractivity contribution in [3.05, 3.63) is 78.0 Å². The van der Waals surface area contributed by atoms with Crippen LogP contribution >= 0.6 is 0 Å². The zero-order valence-electron chi connectivity index (χ0n) is 15.5. The van der Waals surface area contributed by atoms with E-state index in [0.29, 0.717) is 6.42 Å². The monoisotopic (exact) mass is 347 g/mol. The summed E-state index contributed by atoms with van der Waals surface area (Å²) in [6.45, 7) is 2.05. The predicted octanol–water partition coefficient (Wildman–Crippen LogP) is 3.58. The Labute approximate surface area is 154 Å². The number of nitrogens with zero attached hydrogens (tertiary/aromatic N) is 2. The quantitative estimate of drug-likeness (QED) is 0.741. The molecule has 4 nitrogen and oxygen atoms in total. The number of fused-ring (bicyclic) bond motifs is 1. The molecule has 3 rings (SSSR count). The maximum absolute atomic E-state index is 12.7. The minimum Gasteiger partial charge on any atom is -0.347 e. The number of nitrogens with one attached hydrogen (secondary N) is 1. The van der Waals surface area contributed by atoms with E-state index < -0.39 is 0 Å². The molecule has 0 spiro atoms. The summed E-state index contributed by atoms with van der Waals surface area (Å²) in [6, 6.07) is 21.9. The van der Waals surface area contributed by atoms with Crippen LogP contribution in [-0.4, -0.2) is 35.9 Å². The maximum atomic E-state index is 12.7. The molecule has 26 heavy (non-hydrogen) atoms. The number of aromatic nitrogens is 1. The first-order chi connectivity index (χ1) is 12.5. The predicted molar refractivity (Wildman–Crippen MR) is 106 cm³/mol. The summed E-state index contributed by atoms with van der Waals surface area (Å²) in [6.07, 6.45) is 0.649. The molecule has 0 unspecified atom stereocenters. The molecule has 1 N–H and O–H groups in total. The topological polar surface area (TPSA) is 45.2 Å². The Balaban J connectivity index is 1.81. The van der Waals surface area contributed by atoms with Crippen molar-refractivity contribution in [3.63, 3.8) is 0 Å². The standard InChI is InChI=1S/C22H25N3O/c1-16(19-14-13-18-11-7-8-12-20(18)24-19)23-21(22(26)25(2)3)15-17-9-5-4-6-10-17/h4-14,16,21,23H,15H2,1-3H3/t16-,21-/m0/s1. The second kappa shape index (κ2) is 8.11. The van der Waals surface area contributed by atoms with E-state index in [1.807, 2.05) is 42.5 Å². The summed E-state index contributed by atoms with van der Waals surface area (Å²) < 4.78 is 0. The molecule has 0 bridgehead atoms. The second-order valence-electron chi connectivity index (χ2n) is 6.79. The van der Waals surface area contributed by atoms with E-state index in [2.05, 4.69) is 36.5 Å². The fourth-order valence-electron chi connectivity index (χ4n) is 3.09. The number of carbonyl (C=O) groups excluding carboxylic acids is 1. The first-order valence-corrected chi connectivity index (χ1v) is 8.91. The Morgan fingerprint density at radius 3 is 2.42 bits per heavy atom. The van der Waals surface area contributed by atoms with Crippen LogP contribution in [0.1, 0.15) is 24.2 Å². The zero-order valence-corrected chi connectivity index (χ0v) is 15.5. The number of benzene rings is 2. The highest BCUT2D eigenvalue weighted by molar-refractivity contribution is 5.82. The first-order valence-electron chi connectivity index (χ1n) is 8.91. The number of pyridine rings is 1. The summed E-state index contributed by atoms with van der Waals surface area (Å²) in [5.41, 5.74) is 3.05. The molecular weight excluding hydrogens is 322 g/mol. The molecule has 0 radical (unpaired) electrons. The SMILES string of the molecule is C[C@H](N[C@@H](Cc1ccccc1)C(=O)N(C)C)c1ccc2ccccc2n1. The molecule has 4 heteroatoms. The fraction of sp³-hybridized carbons (Fsp3) is 0.273. The van der Waals surface area contributed by atoms with Crippen molar-refractivity contribution in [3.8, 4) is 0 Å². The molecule has 1 amide bonds. The van der Waals surface area contributed by atoms with Gasteiger partial charge in [0.2, 0.25) is 5.91 Å². The van der Waals surface area contributed by atoms with Crippen LogP contribution in [0.3, 0.4) is 0 Å². The largest absolute Gasteiger partial charge is 0.347 e. The van der Waals surface area contributed by atoms with Crippen LogP contribution in [0.5, 0.6) is 0 Å². The molecule has 0 aliphatic heterocycles. The van der Waals surface area contributed by atoms with Gasteiger partial charge in [0.1, 0.15) is 0 Å². The van der Waals surface area contributed by atoms with Crippen LogP contribution in [0.25, 0.3) is 10.9 Å². The van der Waals surface area contributed by atoms with E-state index in [1.165, 1.54) is 0 Å². The molecule has 0 saturated heterocycles. The van der Waals surface area contributed by atoms with Crippen LogP contribution in [-0.2, 0) is 11.2 Å². The van der Waals surface area contributed by atoms with Crippen LogP contribution < -0.4 is 5.32 Å². The highest BCUT2D eigenvalue weighted by Gasteiger charge is 2.23.